The van der Waals surface area contributed by atoms with Crippen LogP contribution in [0.1, 0.15) is 22.6 Å². The summed E-state index contributed by atoms with van der Waals surface area (Å²) in [5.74, 6) is 0.216. The minimum atomic E-state index is 0.216. The van der Waals surface area contributed by atoms with Crippen molar-refractivity contribution < 1.29 is 4.42 Å². The molecule has 12 rings (SSSR count). The maximum absolute atomic E-state index is 6.38. The normalized spacial score (nSPS) is 13.5. The van der Waals surface area contributed by atoms with E-state index in [4.69, 9.17) is 4.42 Å². The summed E-state index contributed by atoms with van der Waals surface area (Å²) in [5, 5.41) is 4.76. The molecule has 1 atom stereocenters. The maximum Gasteiger partial charge on any atom is 0.135 e. The van der Waals surface area contributed by atoms with E-state index >= 15 is 0 Å². The van der Waals surface area contributed by atoms with Gasteiger partial charge in [-0.25, -0.2) is 0 Å². The Morgan fingerprint density at radius 1 is 0.424 bits per heavy atom. The Balaban J connectivity index is 1.15. The third-order valence-corrected chi connectivity index (χ3v) is 13.4. The molecule has 0 fully saturated rings. The molecule has 1 aliphatic rings. The van der Waals surface area contributed by atoms with E-state index in [-0.39, 0.29) is 5.92 Å². The van der Waals surface area contributed by atoms with Crippen molar-refractivity contribution in [1.29, 1.82) is 0 Å². The molecular formula is C56H37NOS. The molecule has 59 heavy (non-hydrogen) atoms. The number of thiophene rings is 1. The van der Waals surface area contributed by atoms with Crippen LogP contribution in [0, 0.1) is 0 Å². The summed E-state index contributed by atoms with van der Waals surface area (Å²) in [6.07, 6.45) is 0.935. The van der Waals surface area contributed by atoms with Gasteiger partial charge in [0, 0.05) is 53.8 Å². The zero-order chi connectivity index (χ0) is 38.9. The zero-order valence-corrected chi connectivity index (χ0v) is 33.0. The van der Waals surface area contributed by atoms with Crippen LogP contribution in [0.5, 0.6) is 0 Å². The van der Waals surface area contributed by atoms with E-state index in [9.17, 15) is 0 Å². The number of nitrogens with zero attached hydrogens (tertiary/aromatic N) is 1. The standard InChI is InChI=1S/C56H37NOS/c1-4-15-36(16-5-1)41-23-14-24-42-48-31-39(27-29-43(48)46(33-49(41)42)37-17-6-2-7-18-37)57(40-28-30-54-50(32-40)44-21-10-12-25-53(44)58-54)52-34-51-45-22-11-13-26-55(45)59-56(51)35-47(52)38-19-8-3-9-20-38/h1-32,34-35,46H,33H2. The molecule has 278 valence electrons. The highest BCUT2D eigenvalue weighted by Crippen LogP contribution is 2.51. The summed E-state index contributed by atoms with van der Waals surface area (Å²) < 4.78 is 8.96. The number of furan rings is 1. The summed E-state index contributed by atoms with van der Waals surface area (Å²) in [6, 6.07) is 75.6. The van der Waals surface area contributed by atoms with E-state index in [1.807, 2.05) is 17.4 Å². The molecule has 0 spiro atoms. The fourth-order valence-corrected chi connectivity index (χ4v) is 10.7. The van der Waals surface area contributed by atoms with Crippen LogP contribution in [0.3, 0.4) is 0 Å². The van der Waals surface area contributed by atoms with Crippen molar-refractivity contribution in [2.24, 2.45) is 0 Å². The van der Waals surface area contributed by atoms with E-state index in [0.29, 0.717) is 0 Å². The molecule has 11 aromatic rings. The van der Waals surface area contributed by atoms with E-state index in [1.165, 1.54) is 70.2 Å². The average Bonchev–Trinajstić information content (AvgIpc) is 3.87. The number of hydrogen-bond acceptors (Lipinski definition) is 3. The van der Waals surface area contributed by atoms with Gasteiger partial charge in [-0.3, -0.25) is 0 Å². The quantitative estimate of drug-likeness (QED) is 0.167. The Bertz CT molecular complexity index is 3360. The number of benzene rings is 9. The predicted octanol–water partition coefficient (Wildman–Crippen LogP) is 16.1. The molecule has 0 saturated heterocycles. The fourth-order valence-electron chi connectivity index (χ4n) is 9.54. The second kappa shape index (κ2) is 13.7. The second-order valence-electron chi connectivity index (χ2n) is 15.6. The van der Waals surface area contributed by atoms with E-state index in [1.54, 1.807) is 0 Å². The topological polar surface area (TPSA) is 16.4 Å². The summed E-state index contributed by atoms with van der Waals surface area (Å²) in [6.45, 7) is 0. The van der Waals surface area contributed by atoms with E-state index < -0.39 is 0 Å². The van der Waals surface area contributed by atoms with Gasteiger partial charge < -0.3 is 9.32 Å². The van der Waals surface area contributed by atoms with Gasteiger partial charge in [0.05, 0.1) is 5.69 Å². The van der Waals surface area contributed by atoms with Crippen LogP contribution in [0.15, 0.2) is 211 Å². The van der Waals surface area contributed by atoms with Crippen LogP contribution >= 0.6 is 11.3 Å². The van der Waals surface area contributed by atoms with Crippen LogP contribution in [0.25, 0.3) is 75.5 Å². The molecule has 0 aliphatic heterocycles. The van der Waals surface area contributed by atoms with Crippen molar-refractivity contribution in [3.05, 3.63) is 223 Å². The van der Waals surface area contributed by atoms with Crippen LogP contribution in [0.2, 0.25) is 0 Å². The SMILES string of the molecule is c1ccc(-c2cc3sc4ccccc4c3cc2N(c2ccc3c(c2)-c2cccc(-c4ccccc4)c2CC3c2ccccc2)c2ccc3oc4ccccc4c3c2)cc1. The lowest BCUT2D eigenvalue weighted by atomic mass is 9.73. The van der Waals surface area contributed by atoms with Gasteiger partial charge in [-0.15, -0.1) is 11.3 Å². The van der Waals surface area contributed by atoms with Crippen molar-refractivity contribution in [1.82, 2.24) is 0 Å². The monoisotopic (exact) mass is 771 g/mol. The third-order valence-electron chi connectivity index (χ3n) is 12.3. The molecule has 0 radical (unpaired) electrons. The van der Waals surface area contributed by atoms with Crippen LogP contribution in [0.4, 0.5) is 17.1 Å². The van der Waals surface area contributed by atoms with E-state index in [0.717, 1.165) is 45.4 Å². The minimum Gasteiger partial charge on any atom is -0.456 e. The first-order valence-corrected chi connectivity index (χ1v) is 21.2. The van der Waals surface area contributed by atoms with Gasteiger partial charge in [-0.2, -0.15) is 0 Å². The lowest BCUT2D eigenvalue weighted by Crippen LogP contribution is -2.16. The fraction of sp³-hybridized carbons (Fsp3) is 0.0357. The Morgan fingerprint density at radius 2 is 1.07 bits per heavy atom. The first-order valence-electron chi connectivity index (χ1n) is 20.3. The molecule has 1 aliphatic carbocycles. The smallest absolute Gasteiger partial charge is 0.135 e. The van der Waals surface area contributed by atoms with Crippen molar-refractivity contribution in [2.45, 2.75) is 12.3 Å². The predicted molar refractivity (Wildman–Crippen MR) is 250 cm³/mol. The molecular weight excluding hydrogens is 735 g/mol. The number of anilines is 3. The largest absolute Gasteiger partial charge is 0.456 e. The molecule has 2 aromatic heterocycles. The number of rotatable bonds is 6. The van der Waals surface area contributed by atoms with Crippen molar-refractivity contribution in [3.8, 4) is 33.4 Å². The van der Waals surface area contributed by atoms with Crippen molar-refractivity contribution in [2.75, 3.05) is 4.90 Å². The zero-order valence-electron chi connectivity index (χ0n) is 32.2. The highest BCUT2D eigenvalue weighted by Gasteiger charge is 2.30. The van der Waals surface area contributed by atoms with Gasteiger partial charge in [-0.05, 0) is 106 Å². The van der Waals surface area contributed by atoms with Crippen molar-refractivity contribution in [3.63, 3.8) is 0 Å². The van der Waals surface area contributed by atoms with Crippen LogP contribution < -0.4 is 4.90 Å². The summed E-state index contributed by atoms with van der Waals surface area (Å²) in [5.41, 5.74) is 16.7. The number of fused-ring (bicyclic) bond motifs is 9. The lowest BCUT2D eigenvalue weighted by molar-refractivity contribution is 0.669. The van der Waals surface area contributed by atoms with Gasteiger partial charge in [0.15, 0.2) is 0 Å². The molecule has 0 saturated carbocycles. The van der Waals surface area contributed by atoms with Gasteiger partial charge in [-0.1, -0.05) is 152 Å². The molecule has 9 aromatic carbocycles. The molecule has 3 heteroatoms. The minimum absolute atomic E-state index is 0.216. The highest BCUT2D eigenvalue weighted by atomic mass is 32.1. The van der Waals surface area contributed by atoms with Gasteiger partial charge in [0.2, 0.25) is 0 Å². The Labute approximate surface area is 346 Å². The summed E-state index contributed by atoms with van der Waals surface area (Å²) in [4.78, 5) is 2.49. The van der Waals surface area contributed by atoms with Crippen LogP contribution in [-0.2, 0) is 6.42 Å². The summed E-state index contributed by atoms with van der Waals surface area (Å²) >= 11 is 1.86. The highest BCUT2D eigenvalue weighted by molar-refractivity contribution is 7.25. The maximum atomic E-state index is 6.38. The number of para-hydroxylation sites is 1. The molecule has 2 heterocycles. The average molecular weight is 772 g/mol. The Kier molecular flexibility index (Phi) is 7.89. The third kappa shape index (κ3) is 5.61. The second-order valence-corrected chi connectivity index (χ2v) is 16.7. The first kappa shape index (κ1) is 33.9. The summed E-state index contributed by atoms with van der Waals surface area (Å²) in [7, 11) is 0. The van der Waals surface area contributed by atoms with Gasteiger partial charge in [0.25, 0.3) is 0 Å². The molecule has 2 nitrogen and oxygen atoms in total. The van der Waals surface area contributed by atoms with E-state index in [2.05, 4.69) is 205 Å². The molecule has 1 unspecified atom stereocenters. The first-order chi connectivity index (χ1) is 29.2. The molecule has 0 amide bonds. The van der Waals surface area contributed by atoms with Crippen LogP contribution in [-0.4, -0.2) is 0 Å². The Morgan fingerprint density at radius 3 is 1.88 bits per heavy atom. The number of hydrogen-bond donors (Lipinski definition) is 0. The molecule has 0 bridgehead atoms. The molecule has 0 N–H and O–H groups in total. The van der Waals surface area contributed by atoms with Gasteiger partial charge >= 0.3 is 0 Å². The lowest BCUT2D eigenvalue weighted by Gasteiger charge is -2.33. The van der Waals surface area contributed by atoms with Crippen molar-refractivity contribution >= 4 is 70.5 Å². The Hall–Kier alpha value is -7.20. The van der Waals surface area contributed by atoms with Gasteiger partial charge in [0.1, 0.15) is 11.2 Å².